The zero-order valence-electron chi connectivity index (χ0n) is 14.3. The maximum atomic E-state index is 13.0. The maximum absolute atomic E-state index is 13.0. The van der Waals surface area contributed by atoms with Crippen LogP contribution in [0.2, 0.25) is 5.02 Å². The van der Waals surface area contributed by atoms with E-state index < -0.39 is 18.2 Å². The minimum atomic E-state index is -0.672. The van der Waals surface area contributed by atoms with Crippen molar-refractivity contribution < 1.29 is 14.7 Å². The molecule has 0 saturated carbocycles. The number of rotatable bonds is 6. The van der Waals surface area contributed by atoms with Gasteiger partial charge in [0.05, 0.1) is 0 Å². The second-order valence-electron chi connectivity index (χ2n) is 6.15. The first-order valence-corrected chi connectivity index (χ1v) is 9.20. The zero-order valence-corrected chi connectivity index (χ0v) is 15.8. The number of hydrogen-bond donors (Lipinski definition) is 1. The van der Waals surface area contributed by atoms with Gasteiger partial charge in [-0.1, -0.05) is 23.7 Å². The number of amidine groups is 1. The number of halogens is 2. The number of nitrogens with zero attached hydrogens (tertiary/aromatic N) is 4. The maximum Gasteiger partial charge on any atom is 0.328 e. The first kappa shape index (κ1) is 18.9. The van der Waals surface area contributed by atoms with Gasteiger partial charge in [0.1, 0.15) is 0 Å². The normalized spacial score (nSPS) is 22.8. The van der Waals surface area contributed by atoms with E-state index in [1.165, 1.54) is 9.80 Å². The topological polar surface area (TPSA) is 76.5 Å². The lowest BCUT2D eigenvalue weighted by atomic mass is 10.1. The molecule has 26 heavy (non-hydrogen) atoms. The van der Waals surface area contributed by atoms with Gasteiger partial charge in [0.15, 0.2) is 17.5 Å². The molecule has 1 aromatic carbocycles. The molecule has 2 atom stereocenters. The van der Waals surface area contributed by atoms with Crippen LogP contribution in [0.1, 0.15) is 18.9 Å². The number of aliphatic hydroxyl groups excluding tert-OH is 1. The van der Waals surface area contributed by atoms with Crippen LogP contribution in [0.3, 0.4) is 0 Å². The lowest BCUT2D eigenvalue weighted by Crippen LogP contribution is -2.65. The second-order valence-corrected chi connectivity index (χ2v) is 6.92. The molecule has 3 amide bonds. The van der Waals surface area contributed by atoms with Crippen LogP contribution in [0.5, 0.6) is 0 Å². The van der Waals surface area contributed by atoms with Gasteiger partial charge in [-0.05, 0) is 42.6 Å². The monoisotopic (exact) mass is 398 g/mol. The van der Waals surface area contributed by atoms with E-state index in [1.54, 1.807) is 17.0 Å². The van der Waals surface area contributed by atoms with E-state index in [0.717, 1.165) is 5.56 Å². The molecule has 2 aliphatic heterocycles. The highest BCUT2D eigenvalue weighted by Crippen LogP contribution is 2.31. The summed E-state index contributed by atoms with van der Waals surface area (Å²) in [4.78, 5) is 34.4. The van der Waals surface area contributed by atoms with Crippen molar-refractivity contribution in [2.45, 2.75) is 32.1 Å². The van der Waals surface area contributed by atoms with Crippen LogP contribution in [-0.4, -0.2) is 68.9 Å². The molecule has 0 radical (unpaired) electrons. The third kappa shape index (κ3) is 3.39. The number of fused-ring (bicyclic) bond motifs is 1. The van der Waals surface area contributed by atoms with Crippen molar-refractivity contribution in [3.05, 3.63) is 34.9 Å². The summed E-state index contributed by atoms with van der Waals surface area (Å²) in [6.45, 7) is 2.70. The lowest BCUT2D eigenvalue weighted by Gasteiger charge is -2.42. The van der Waals surface area contributed by atoms with Crippen molar-refractivity contribution in [1.82, 2.24) is 14.7 Å². The molecule has 2 aliphatic rings. The van der Waals surface area contributed by atoms with Crippen LogP contribution in [0.15, 0.2) is 29.3 Å². The quantitative estimate of drug-likeness (QED) is 0.744. The van der Waals surface area contributed by atoms with Gasteiger partial charge in [0.2, 0.25) is 0 Å². The predicted octanol–water partition coefficient (Wildman–Crippen LogP) is 2.11. The molecular weight excluding hydrogens is 379 g/mol. The summed E-state index contributed by atoms with van der Waals surface area (Å²) in [6, 6.07) is 6.20. The van der Waals surface area contributed by atoms with Crippen LogP contribution >= 0.6 is 23.2 Å². The summed E-state index contributed by atoms with van der Waals surface area (Å²) in [5.41, 5.74) is 0.929. The molecule has 0 aliphatic carbocycles. The Hall–Kier alpha value is -1.83. The van der Waals surface area contributed by atoms with Crippen LogP contribution in [0.4, 0.5) is 4.79 Å². The van der Waals surface area contributed by atoms with Crippen molar-refractivity contribution in [2.24, 2.45) is 4.99 Å². The molecular formula is C17H20Cl2N4O3. The standard InChI is InChI=1S/C17H20Cl2N4O3/c1-2-21-14-13(15(25)22(17(21)26)8-3-9-24)23(16(19)20-14)10-11-4-6-12(18)7-5-11/h4-7,13-14,24H,2-3,8-10H2,1H3/t13?,14-/m0/s1. The lowest BCUT2D eigenvalue weighted by molar-refractivity contribution is -0.138. The Bertz CT molecular complexity index is 725. The Labute approximate surface area is 161 Å². The molecule has 1 N–H and O–H groups in total. The number of imide groups is 1. The summed E-state index contributed by atoms with van der Waals surface area (Å²) in [7, 11) is 0. The molecule has 1 aromatic rings. The highest BCUT2D eigenvalue weighted by Gasteiger charge is 2.52. The van der Waals surface area contributed by atoms with Crippen molar-refractivity contribution in [3.63, 3.8) is 0 Å². The number of likely N-dealkylation sites (N-methyl/N-ethyl adjacent to an activating group) is 1. The fourth-order valence-electron chi connectivity index (χ4n) is 3.26. The zero-order chi connectivity index (χ0) is 18.8. The largest absolute Gasteiger partial charge is 0.396 e. The van der Waals surface area contributed by atoms with Gasteiger partial charge in [-0.25, -0.2) is 9.79 Å². The summed E-state index contributed by atoms with van der Waals surface area (Å²) in [5.74, 6) is -0.341. The average Bonchev–Trinajstić information content (AvgIpc) is 2.93. The number of urea groups is 1. The van der Waals surface area contributed by atoms with Crippen molar-refractivity contribution in [3.8, 4) is 0 Å². The average molecular weight is 399 g/mol. The minimum Gasteiger partial charge on any atom is -0.396 e. The Balaban J connectivity index is 1.88. The first-order valence-electron chi connectivity index (χ1n) is 8.45. The van der Waals surface area contributed by atoms with E-state index in [4.69, 9.17) is 28.3 Å². The summed E-state index contributed by atoms with van der Waals surface area (Å²) < 4.78 is 0. The number of benzene rings is 1. The van der Waals surface area contributed by atoms with E-state index in [1.807, 2.05) is 19.1 Å². The van der Waals surface area contributed by atoms with Gasteiger partial charge in [-0.3, -0.25) is 14.6 Å². The highest BCUT2D eigenvalue weighted by molar-refractivity contribution is 6.65. The van der Waals surface area contributed by atoms with Crippen LogP contribution in [0, 0.1) is 0 Å². The Morgan fingerprint density at radius 2 is 1.85 bits per heavy atom. The molecule has 0 bridgehead atoms. The van der Waals surface area contributed by atoms with Gasteiger partial charge < -0.3 is 10.0 Å². The van der Waals surface area contributed by atoms with Crippen LogP contribution in [-0.2, 0) is 11.3 Å². The Kier molecular flexibility index (Phi) is 5.70. The van der Waals surface area contributed by atoms with E-state index in [2.05, 4.69) is 4.99 Å². The number of amides is 3. The van der Waals surface area contributed by atoms with Crippen molar-refractivity contribution in [1.29, 1.82) is 0 Å². The van der Waals surface area contributed by atoms with Crippen molar-refractivity contribution >= 4 is 40.4 Å². The summed E-state index contributed by atoms with van der Waals surface area (Å²) >= 11 is 12.2. The number of carbonyl (C=O) groups is 2. The molecule has 0 spiro atoms. The first-order chi connectivity index (χ1) is 12.5. The molecule has 3 rings (SSSR count). The smallest absolute Gasteiger partial charge is 0.328 e. The van der Waals surface area contributed by atoms with Gasteiger partial charge >= 0.3 is 6.03 Å². The van der Waals surface area contributed by atoms with Crippen molar-refractivity contribution in [2.75, 3.05) is 19.7 Å². The molecule has 1 fully saturated rings. The van der Waals surface area contributed by atoms with Gasteiger partial charge in [0.25, 0.3) is 5.91 Å². The minimum absolute atomic E-state index is 0.0942. The predicted molar refractivity (Wildman–Crippen MR) is 99.1 cm³/mol. The van der Waals surface area contributed by atoms with E-state index in [-0.39, 0.29) is 24.4 Å². The number of aliphatic hydroxyl groups is 1. The van der Waals surface area contributed by atoms with E-state index in [9.17, 15) is 9.59 Å². The number of aliphatic imine (C=N–C) groups is 1. The SMILES string of the molecule is CCN1C(=O)N(CCCO)C(=O)C2[C@H]1N=C(Cl)N2Cc1ccc(Cl)cc1. The fraction of sp³-hybridized carbons (Fsp3) is 0.471. The Morgan fingerprint density at radius 1 is 1.15 bits per heavy atom. The van der Waals surface area contributed by atoms with E-state index >= 15 is 0 Å². The Morgan fingerprint density at radius 3 is 2.46 bits per heavy atom. The van der Waals surface area contributed by atoms with Gasteiger partial charge in [0, 0.05) is 31.3 Å². The number of hydrogen-bond acceptors (Lipinski definition) is 5. The molecule has 1 saturated heterocycles. The van der Waals surface area contributed by atoms with E-state index in [0.29, 0.717) is 24.5 Å². The molecule has 140 valence electrons. The molecule has 2 heterocycles. The molecule has 0 aromatic heterocycles. The third-order valence-corrected chi connectivity index (χ3v) is 5.12. The van der Waals surface area contributed by atoms with Gasteiger partial charge in [-0.2, -0.15) is 0 Å². The summed E-state index contributed by atoms with van der Waals surface area (Å²) in [6.07, 6.45) is -0.303. The highest BCUT2D eigenvalue weighted by atomic mass is 35.5. The van der Waals surface area contributed by atoms with Crippen LogP contribution < -0.4 is 0 Å². The second kappa shape index (κ2) is 7.82. The fourth-order valence-corrected chi connectivity index (χ4v) is 3.65. The molecule has 1 unspecified atom stereocenters. The molecule has 9 heteroatoms. The number of carbonyl (C=O) groups excluding carboxylic acids is 2. The van der Waals surface area contributed by atoms with Gasteiger partial charge in [-0.15, -0.1) is 0 Å². The van der Waals surface area contributed by atoms with Crippen LogP contribution in [0.25, 0.3) is 0 Å². The molecule has 7 nitrogen and oxygen atoms in total. The summed E-state index contributed by atoms with van der Waals surface area (Å²) in [5, 5.41) is 9.89. The third-order valence-electron chi connectivity index (χ3n) is 4.56.